The highest BCUT2D eigenvalue weighted by Gasteiger charge is 2.22. The average Bonchev–Trinajstić information content (AvgIpc) is 2.46. The highest BCUT2D eigenvalue weighted by Crippen LogP contribution is 2.26. The van der Waals surface area contributed by atoms with Crippen LogP contribution in [-0.4, -0.2) is 15.6 Å². The molecule has 0 spiro atoms. The van der Waals surface area contributed by atoms with Crippen LogP contribution in [0.4, 0.5) is 0 Å². The monoisotopic (exact) mass is 284 g/mol. The van der Waals surface area contributed by atoms with Crippen LogP contribution < -0.4 is 0 Å². The van der Waals surface area contributed by atoms with E-state index in [1.807, 2.05) is 0 Å². The molecule has 1 saturated heterocycles. The molecule has 1 heterocycles. The summed E-state index contributed by atoms with van der Waals surface area (Å²) in [5, 5.41) is 0. The zero-order chi connectivity index (χ0) is 13.8. The fourth-order valence-electron chi connectivity index (χ4n) is 3.18. The van der Waals surface area contributed by atoms with Crippen LogP contribution in [0.5, 0.6) is 0 Å². The number of rotatable bonds is 11. The van der Waals surface area contributed by atoms with Crippen molar-refractivity contribution in [3.05, 3.63) is 0 Å². The summed E-state index contributed by atoms with van der Waals surface area (Å²) in [6.07, 6.45) is 17.2. The van der Waals surface area contributed by atoms with Crippen LogP contribution in [0.15, 0.2) is 0 Å². The zero-order valence-electron chi connectivity index (χ0n) is 13.5. The normalized spacial score (nSPS) is 21.5. The third-order valence-corrected chi connectivity index (χ3v) is 7.86. The molecule has 0 radical (unpaired) electrons. The Labute approximate surface area is 123 Å². The van der Waals surface area contributed by atoms with Gasteiger partial charge in [0, 0.05) is 6.61 Å². The molecule has 0 amide bonds. The molecule has 19 heavy (non-hydrogen) atoms. The summed E-state index contributed by atoms with van der Waals surface area (Å²) in [7, 11) is -0.798. The first kappa shape index (κ1) is 17.2. The van der Waals surface area contributed by atoms with Gasteiger partial charge in [-0.15, -0.1) is 0 Å². The average molecular weight is 285 g/mol. The molecule has 0 aliphatic carbocycles. The highest BCUT2D eigenvalue weighted by molar-refractivity contribution is 6.53. The summed E-state index contributed by atoms with van der Waals surface area (Å²) < 4.78 is 6.01. The van der Waals surface area contributed by atoms with Crippen molar-refractivity contribution in [2.75, 3.05) is 6.61 Å². The van der Waals surface area contributed by atoms with Crippen molar-refractivity contribution in [3.63, 3.8) is 0 Å². The van der Waals surface area contributed by atoms with Crippen LogP contribution in [0, 0.1) is 0 Å². The minimum atomic E-state index is -0.798. The van der Waals surface area contributed by atoms with Gasteiger partial charge in [0.2, 0.25) is 0 Å². The van der Waals surface area contributed by atoms with E-state index in [1.54, 1.807) is 0 Å². The third-order valence-electron chi connectivity index (χ3n) is 4.61. The standard InChI is InChI=1S/C17H36OSi/c1-3-4-5-6-7-8-9-10-11-14-17(2)19-16-13-12-15-18-19/h17,19H,3-16H2,1-2H3. The van der Waals surface area contributed by atoms with E-state index >= 15 is 0 Å². The van der Waals surface area contributed by atoms with E-state index in [0.29, 0.717) is 0 Å². The number of hydrogen-bond donors (Lipinski definition) is 0. The zero-order valence-corrected chi connectivity index (χ0v) is 14.6. The second-order valence-corrected chi connectivity index (χ2v) is 9.63. The molecule has 2 atom stereocenters. The molecule has 0 N–H and O–H groups in total. The summed E-state index contributed by atoms with van der Waals surface area (Å²) in [6.45, 7) is 5.81. The first-order valence-corrected chi connectivity index (χ1v) is 10.9. The van der Waals surface area contributed by atoms with Crippen LogP contribution >= 0.6 is 0 Å². The highest BCUT2D eigenvalue weighted by atomic mass is 28.3. The van der Waals surface area contributed by atoms with Crippen LogP contribution in [0.25, 0.3) is 0 Å². The van der Waals surface area contributed by atoms with Crippen LogP contribution in [0.2, 0.25) is 11.6 Å². The van der Waals surface area contributed by atoms with E-state index in [-0.39, 0.29) is 0 Å². The summed E-state index contributed by atoms with van der Waals surface area (Å²) in [5.74, 6) is 0. The van der Waals surface area contributed by atoms with E-state index in [2.05, 4.69) is 13.8 Å². The SMILES string of the molecule is CCCCCCCCCCCC(C)[SiH]1CCCCO1. The molecular weight excluding hydrogens is 248 g/mol. The van der Waals surface area contributed by atoms with E-state index in [4.69, 9.17) is 4.43 Å². The lowest BCUT2D eigenvalue weighted by Crippen LogP contribution is -2.27. The Hall–Kier alpha value is 0.177. The van der Waals surface area contributed by atoms with Gasteiger partial charge < -0.3 is 4.43 Å². The summed E-state index contributed by atoms with van der Waals surface area (Å²) >= 11 is 0. The van der Waals surface area contributed by atoms with Crippen molar-refractivity contribution in [1.29, 1.82) is 0 Å². The molecule has 1 aliphatic rings. The van der Waals surface area contributed by atoms with Crippen molar-refractivity contribution in [2.45, 2.75) is 102 Å². The predicted molar refractivity (Wildman–Crippen MR) is 88.4 cm³/mol. The molecule has 1 aliphatic heterocycles. The molecule has 0 saturated carbocycles. The van der Waals surface area contributed by atoms with Gasteiger partial charge in [-0.3, -0.25) is 0 Å². The lowest BCUT2D eigenvalue weighted by molar-refractivity contribution is 0.278. The maximum Gasteiger partial charge on any atom is 0.179 e. The summed E-state index contributed by atoms with van der Waals surface area (Å²) in [4.78, 5) is 0. The Bertz CT molecular complexity index is 190. The third kappa shape index (κ3) is 8.86. The minimum Gasteiger partial charge on any atom is -0.420 e. The van der Waals surface area contributed by atoms with Gasteiger partial charge in [0.05, 0.1) is 0 Å². The Balaban J connectivity index is 1.84. The van der Waals surface area contributed by atoms with Gasteiger partial charge in [-0.05, 0) is 18.0 Å². The number of hydrogen-bond acceptors (Lipinski definition) is 1. The van der Waals surface area contributed by atoms with Gasteiger partial charge in [0.15, 0.2) is 9.04 Å². The smallest absolute Gasteiger partial charge is 0.179 e. The van der Waals surface area contributed by atoms with E-state index in [9.17, 15) is 0 Å². The van der Waals surface area contributed by atoms with Gasteiger partial charge in [-0.25, -0.2) is 0 Å². The first-order chi connectivity index (χ1) is 9.34. The molecular formula is C17H36OSi. The molecule has 1 nitrogen and oxygen atoms in total. The van der Waals surface area contributed by atoms with Gasteiger partial charge >= 0.3 is 0 Å². The van der Waals surface area contributed by atoms with Crippen LogP contribution in [0.1, 0.15) is 90.9 Å². The fourth-order valence-corrected chi connectivity index (χ4v) is 6.01. The molecule has 114 valence electrons. The second-order valence-electron chi connectivity index (χ2n) is 6.50. The summed E-state index contributed by atoms with van der Waals surface area (Å²) in [6, 6.07) is 1.44. The largest absolute Gasteiger partial charge is 0.420 e. The Morgan fingerprint density at radius 1 is 0.895 bits per heavy atom. The summed E-state index contributed by atoms with van der Waals surface area (Å²) in [5.41, 5.74) is 0.921. The van der Waals surface area contributed by atoms with Crippen molar-refractivity contribution in [1.82, 2.24) is 0 Å². The lowest BCUT2D eigenvalue weighted by Gasteiger charge is -2.26. The van der Waals surface area contributed by atoms with Gasteiger partial charge in [-0.1, -0.05) is 84.5 Å². The minimum absolute atomic E-state index is 0.798. The molecule has 2 unspecified atom stereocenters. The maximum atomic E-state index is 6.01. The maximum absolute atomic E-state index is 6.01. The molecule has 1 fully saturated rings. The fraction of sp³-hybridized carbons (Fsp3) is 1.00. The Kier molecular flexibility index (Phi) is 10.8. The van der Waals surface area contributed by atoms with Crippen molar-refractivity contribution >= 4 is 9.04 Å². The predicted octanol–water partition coefficient (Wildman–Crippen LogP) is 5.83. The van der Waals surface area contributed by atoms with E-state index < -0.39 is 9.04 Å². The van der Waals surface area contributed by atoms with E-state index in [1.165, 1.54) is 83.1 Å². The molecule has 2 heteroatoms. The molecule has 1 rings (SSSR count). The van der Waals surface area contributed by atoms with Crippen molar-refractivity contribution in [3.8, 4) is 0 Å². The van der Waals surface area contributed by atoms with E-state index in [0.717, 1.165) is 12.1 Å². The first-order valence-electron chi connectivity index (χ1n) is 8.96. The van der Waals surface area contributed by atoms with Crippen LogP contribution in [-0.2, 0) is 4.43 Å². The topological polar surface area (TPSA) is 9.23 Å². The number of unbranched alkanes of at least 4 members (excludes halogenated alkanes) is 8. The lowest BCUT2D eigenvalue weighted by atomic mass is 10.1. The van der Waals surface area contributed by atoms with Gasteiger partial charge in [0.1, 0.15) is 0 Å². The van der Waals surface area contributed by atoms with Crippen LogP contribution in [0.3, 0.4) is 0 Å². The molecule has 0 aromatic heterocycles. The van der Waals surface area contributed by atoms with Crippen molar-refractivity contribution < 1.29 is 4.43 Å². The van der Waals surface area contributed by atoms with Gasteiger partial charge in [-0.2, -0.15) is 0 Å². The second kappa shape index (κ2) is 12.0. The molecule has 0 bridgehead atoms. The Morgan fingerprint density at radius 3 is 2.11 bits per heavy atom. The quantitative estimate of drug-likeness (QED) is 0.342. The van der Waals surface area contributed by atoms with Gasteiger partial charge in [0.25, 0.3) is 0 Å². The molecule has 0 aromatic rings. The Morgan fingerprint density at radius 2 is 1.53 bits per heavy atom. The molecule has 0 aromatic carbocycles. The van der Waals surface area contributed by atoms with Crippen molar-refractivity contribution in [2.24, 2.45) is 0 Å².